The molecule has 0 fully saturated rings. The van der Waals surface area contributed by atoms with Gasteiger partial charge < -0.3 is 4.57 Å². The van der Waals surface area contributed by atoms with E-state index in [1.54, 1.807) is 25.4 Å². The number of hydrogen-bond donors (Lipinski definition) is 0. The molecule has 0 atom stereocenters. The number of rotatable bonds is 2. The number of Topliss-reactive ketones (excluding diaryl/α,β-unsaturated/α-hetero) is 1. The van der Waals surface area contributed by atoms with E-state index in [1.807, 2.05) is 36.0 Å². The molecule has 3 aromatic rings. The lowest BCUT2D eigenvalue weighted by molar-refractivity contribution is 0.101. The highest BCUT2D eigenvalue weighted by Crippen LogP contribution is 2.26. The Bertz CT molecular complexity index is 757. The van der Waals surface area contributed by atoms with Crippen molar-refractivity contribution in [3.63, 3.8) is 0 Å². The Morgan fingerprint density at radius 2 is 2.00 bits per heavy atom. The summed E-state index contributed by atoms with van der Waals surface area (Å²) in [6, 6.07) is 7.65. The molecule has 3 heterocycles. The second kappa shape index (κ2) is 4.31. The monoisotopic (exact) mass is 251 g/mol. The summed E-state index contributed by atoms with van der Waals surface area (Å²) in [7, 11) is 1.96. The number of ketones is 1. The van der Waals surface area contributed by atoms with Crippen LogP contribution in [0.25, 0.3) is 22.3 Å². The fourth-order valence-corrected chi connectivity index (χ4v) is 2.15. The van der Waals surface area contributed by atoms with E-state index in [0.29, 0.717) is 5.56 Å². The molecule has 0 bridgehead atoms. The number of aromatic nitrogens is 3. The van der Waals surface area contributed by atoms with Gasteiger partial charge in [-0.05, 0) is 31.2 Å². The minimum absolute atomic E-state index is 0.0265. The average molecular weight is 251 g/mol. The van der Waals surface area contributed by atoms with Crippen LogP contribution in [0.4, 0.5) is 0 Å². The molecule has 0 aliphatic heterocycles. The number of carbonyl (C=O) groups is 1. The van der Waals surface area contributed by atoms with Gasteiger partial charge in [-0.25, -0.2) is 4.98 Å². The maximum absolute atomic E-state index is 11.3. The van der Waals surface area contributed by atoms with Crippen molar-refractivity contribution in [2.75, 3.05) is 0 Å². The zero-order chi connectivity index (χ0) is 13.4. The molecule has 19 heavy (non-hydrogen) atoms. The third-order valence-electron chi connectivity index (χ3n) is 3.21. The van der Waals surface area contributed by atoms with Gasteiger partial charge in [0.25, 0.3) is 0 Å². The van der Waals surface area contributed by atoms with Crippen LogP contribution in [0, 0.1) is 0 Å². The highest BCUT2D eigenvalue weighted by molar-refractivity contribution is 5.95. The molecule has 3 aromatic heterocycles. The van der Waals surface area contributed by atoms with Crippen LogP contribution in [0.15, 0.2) is 42.9 Å². The van der Waals surface area contributed by atoms with E-state index in [0.717, 1.165) is 22.3 Å². The van der Waals surface area contributed by atoms with Gasteiger partial charge in [-0.1, -0.05) is 0 Å². The lowest BCUT2D eigenvalue weighted by Crippen LogP contribution is -1.94. The first-order valence-electron chi connectivity index (χ1n) is 6.04. The lowest BCUT2D eigenvalue weighted by Gasteiger charge is -2.04. The van der Waals surface area contributed by atoms with Crippen LogP contribution in [0.1, 0.15) is 17.3 Å². The van der Waals surface area contributed by atoms with Gasteiger partial charge in [-0.2, -0.15) is 0 Å². The molecular weight excluding hydrogens is 238 g/mol. The van der Waals surface area contributed by atoms with Gasteiger partial charge in [0.15, 0.2) is 5.78 Å². The Kier molecular flexibility index (Phi) is 2.63. The summed E-state index contributed by atoms with van der Waals surface area (Å²) in [5.74, 6) is 0.0265. The van der Waals surface area contributed by atoms with Crippen molar-refractivity contribution < 1.29 is 4.79 Å². The van der Waals surface area contributed by atoms with E-state index in [-0.39, 0.29) is 5.78 Å². The number of carbonyl (C=O) groups excluding carboxylic acids is 1. The molecule has 0 aliphatic carbocycles. The van der Waals surface area contributed by atoms with Crippen LogP contribution in [0.3, 0.4) is 0 Å². The molecular formula is C15H13N3O. The Balaban J connectivity index is 2.16. The van der Waals surface area contributed by atoms with E-state index in [2.05, 4.69) is 9.97 Å². The zero-order valence-corrected chi connectivity index (χ0v) is 10.8. The molecule has 0 N–H and O–H groups in total. The van der Waals surface area contributed by atoms with Crippen LogP contribution < -0.4 is 0 Å². The van der Waals surface area contributed by atoms with Crippen molar-refractivity contribution in [2.45, 2.75) is 6.92 Å². The summed E-state index contributed by atoms with van der Waals surface area (Å²) in [5.41, 5.74) is 3.43. The summed E-state index contributed by atoms with van der Waals surface area (Å²) >= 11 is 0. The van der Waals surface area contributed by atoms with E-state index < -0.39 is 0 Å². The molecule has 0 aliphatic rings. The topological polar surface area (TPSA) is 47.8 Å². The summed E-state index contributed by atoms with van der Waals surface area (Å²) in [6.07, 6.45) is 5.37. The Morgan fingerprint density at radius 3 is 2.68 bits per heavy atom. The zero-order valence-electron chi connectivity index (χ0n) is 10.8. The summed E-state index contributed by atoms with van der Waals surface area (Å²) in [5, 5.41) is 1.06. The van der Waals surface area contributed by atoms with Crippen molar-refractivity contribution in [3.8, 4) is 11.3 Å². The minimum Gasteiger partial charge on any atom is -0.336 e. The van der Waals surface area contributed by atoms with E-state index >= 15 is 0 Å². The van der Waals surface area contributed by atoms with Crippen LogP contribution in [0.5, 0.6) is 0 Å². The fourth-order valence-electron chi connectivity index (χ4n) is 2.15. The predicted molar refractivity (Wildman–Crippen MR) is 73.9 cm³/mol. The molecule has 0 radical (unpaired) electrons. The minimum atomic E-state index is 0.0265. The lowest BCUT2D eigenvalue weighted by atomic mass is 10.1. The van der Waals surface area contributed by atoms with Gasteiger partial charge in [0.05, 0.1) is 5.69 Å². The number of nitrogens with zero attached hydrogens (tertiary/aromatic N) is 3. The van der Waals surface area contributed by atoms with Crippen LogP contribution in [-0.2, 0) is 7.05 Å². The Morgan fingerprint density at radius 1 is 1.16 bits per heavy atom. The highest BCUT2D eigenvalue weighted by atomic mass is 16.1. The number of hydrogen-bond acceptors (Lipinski definition) is 3. The Hall–Kier alpha value is -2.49. The summed E-state index contributed by atoms with van der Waals surface area (Å²) in [6.45, 7) is 1.54. The molecule has 0 unspecified atom stereocenters. The molecule has 4 nitrogen and oxygen atoms in total. The third kappa shape index (κ3) is 1.91. The molecule has 3 rings (SSSR count). The first-order valence-corrected chi connectivity index (χ1v) is 6.04. The largest absolute Gasteiger partial charge is 0.336 e. The van der Waals surface area contributed by atoms with Gasteiger partial charge in [-0.3, -0.25) is 9.78 Å². The quantitative estimate of drug-likeness (QED) is 0.658. The van der Waals surface area contributed by atoms with E-state index in [9.17, 15) is 4.79 Å². The summed E-state index contributed by atoms with van der Waals surface area (Å²) < 4.78 is 1.97. The number of pyridine rings is 2. The molecule has 4 heteroatoms. The van der Waals surface area contributed by atoms with Crippen LogP contribution in [0.2, 0.25) is 0 Å². The van der Waals surface area contributed by atoms with Crippen molar-refractivity contribution in [1.82, 2.24) is 14.5 Å². The molecule has 0 saturated carbocycles. The van der Waals surface area contributed by atoms with Gasteiger partial charge >= 0.3 is 0 Å². The normalized spacial score (nSPS) is 10.8. The molecule has 94 valence electrons. The standard InChI is InChI=1S/C15H13N3O/c1-10(19)11-3-4-14(17-9-11)12-5-7-16-15-13(12)6-8-18(15)2/h3-9H,1-2H3. The fraction of sp³-hybridized carbons (Fsp3) is 0.133. The van der Waals surface area contributed by atoms with Crippen molar-refractivity contribution in [1.29, 1.82) is 0 Å². The molecule has 0 aromatic carbocycles. The van der Waals surface area contributed by atoms with Crippen molar-refractivity contribution in [2.24, 2.45) is 7.05 Å². The van der Waals surface area contributed by atoms with Crippen LogP contribution >= 0.6 is 0 Å². The predicted octanol–water partition coefficient (Wildman–Crippen LogP) is 2.84. The molecule has 0 saturated heterocycles. The first kappa shape index (κ1) is 11.6. The number of fused-ring (bicyclic) bond motifs is 1. The van der Waals surface area contributed by atoms with Crippen LogP contribution in [-0.4, -0.2) is 20.3 Å². The van der Waals surface area contributed by atoms with Gasteiger partial charge in [0, 0.05) is 42.2 Å². The maximum Gasteiger partial charge on any atom is 0.161 e. The summed E-state index contributed by atoms with van der Waals surface area (Å²) in [4.78, 5) is 20.0. The smallest absolute Gasteiger partial charge is 0.161 e. The Labute approximate surface area is 110 Å². The van der Waals surface area contributed by atoms with Gasteiger partial charge in [-0.15, -0.1) is 0 Å². The van der Waals surface area contributed by atoms with Crippen molar-refractivity contribution in [3.05, 3.63) is 48.4 Å². The molecule has 0 amide bonds. The average Bonchev–Trinajstić information content (AvgIpc) is 2.81. The van der Waals surface area contributed by atoms with E-state index in [4.69, 9.17) is 0 Å². The third-order valence-corrected chi connectivity index (χ3v) is 3.21. The van der Waals surface area contributed by atoms with Gasteiger partial charge in [0.1, 0.15) is 5.65 Å². The first-order chi connectivity index (χ1) is 9.16. The van der Waals surface area contributed by atoms with E-state index in [1.165, 1.54) is 0 Å². The second-order valence-corrected chi connectivity index (χ2v) is 4.51. The highest BCUT2D eigenvalue weighted by Gasteiger charge is 2.08. The van der Waals surface area contributed by atoms with Gasteiger partial charge in [0.2, 0.25) is 0 Å². The second-order valence-electron chi connectivity index (χ2n) is 4.51. The van der Waals surface area contributed by atoms with Crippen molar-refractivity contribution >= 4 is 16.8 Å². The maximum atomic E-state index is 11.3. The number of aryl methyl sites for hydroxylation is 1. The molecule has 0 spiro atoms. The SMILES string of the molecule is CC(=O)c1ccc(-c2ccnc3c2ccn3C)nc1.